The summed E-state index contributed by atoms with van der Waals surface area (Å²) in [6.45, 7) is 9.14. The monoisotopic (exact) mass is 371 g/mol. The molecule has 0 saturated heterocycles. The fraction of sp³-hybridized carbons (Fsp3) is 0.611. The second-order valence-corrected chi connectivity index (χ2v) is 8.60. The second kappa shape index (κ2) is 10.4. The average molecular weight is 372 g/mol. The third-order valence-electron chi connectivity index (χ3n) is 3.71. The zero-order chi connectivity index (χ0) is 18.9. The molecule has 0 aliphatic carbocycles. The number of nitrogens with zero attached hydrogens (tertiary/aromatic N) is 1. The molecule has 0 amide bonds. The molecule has 1 unspecified atom stereocenters. The highest BCUT2D eigenvalue weighted by molar-refractivity contribution is 7.91. The number of hydrogen-bond acceptors (Lipinski definition) is 3. The van der Waals surface area contributed by atoms with Crippen molar-refractivity contribution in [3.8, 4) is 0 Å². The summed E-state index contributed by atoms with van der Waals surface area (Å²) in [5.41, 5.74) is 0. The molecule has 7 heteroatoms. The van der Waals surface area contributed by atoms with Gasteiger partial charge in [0.25, 0.3) is 0 Å². The molecule has 0 aliphatic rings. The van der Waals surface area contributed by atoms with Crippen molar-refractivity contribution in [2.75, 3.05) is 18.8 Å². The van der Waals surface area contributed by atoms with E-state index in [9.17, 15) is 12.8 Å². The normalized spacial score (nSPS) is 13.8. The molecule has 1 rings (SSSR count). The molecule has 0 fully saturated rings. The molecule has 0 saturated carbocycles. The fourth-order valence-corrected chi connectivity index (χ4v) is 3.50. The van der Waals surface area contributed by atoms with Gasteiger partial charge >= 0.3 is 0 Å². The van der Waals surface area contributed by atoms with Gasteiger partial charge in [-0.2, -0.15) is 0 Å². The van der Waals surface area contributed by atoms with Gasteiger partial charge in [-0.1, -0.05) is 26.0 Å². The quantitative estimate of drug-likeness (QED) is 0.517. The van der Waals surface area contributed by atoms with Crippen molar-refractivity contribution in [1.82, 2.24) is 10.6 Å². The van der Waals surface area contributed by atoms with Gasteiger partial charge in [0.1, 0.15) is 10.7 Å². The fourth-order valence-electron chi connectivity index (χ4n) is 2.29. The maximum absolute atomic E-state index is 13.7. The van der Waals surface area contributed by atoms with E-state index < -0.39 is 15.7 Å². The Morgan fingerprint density at radius 3 is 2.48 bits per heavy atom. The van der Waals surface area contributed by atoms with Crippen LogP contribution in [0.5, 0.6) is 0 Å². The summed E-state index contributed by atoms with van der Waals surface area (Å²) in [4.78, 5) is 4.04. The Kier molecular flexibility index (Phi) is 8.89. The maximum atomic E-state index is 13.7. The molecule has 1 aromatic rings. The molecule has 2 N–H and O–H groups in total. The molecule has 1 aromatic carbocycles. The summed E-state index contributed by atoms with van der Waals surface area (Å²) >= 11 is 0. The van der Waals surface area contributed by atoms with E-state index in [1.807, 2.05) is 6.92 Å². The first kappa shape index (κ1) is 21.4. The van der Waals surface area contributed by atoms with Crippen molar-refractivity contribution in [3.05, 3.63) is 30.1 Å². The molecule has 0 spiro atoms. The van der Waals surface area contributed by atoms with E-state index >= 15 is 0 Å². The molecular formula is C18H30FN3O2S. The number of rotatable bonds is 9. The van der Waals surface area contributed by atoms with Crippen molar-refractivity contribution < 1.29 is 12.8 Å². The minimum atomic E-state index is -3.69. The summed E-state index contributed by atoms with van der Waals surface area (Å²) in [7, 11) is -3.69. The first-order valence-corrected chi connectivity index (χ1v) is 10.4. The molecule has 0 aromatic heterocycles. The highest BCUT2D eigenvalue weighted by Gasteiger charge is 2.18. The molecule has 142 valence electrons. The molecule has 0 bridgehead atoms. The largest absolute Gasteiger partial charge is 0.357 e. The molecule has 0 aliphatic heterocycles. The van der Waals surface area contributed by atoms with Crippen LogP contribution in [-0.2, 0) is 9.84 Å². The number of aliphatic imine (C=N–C) groups is 1. The topological polar surface area (TPSA) is 70.6 Å². The van der Waals surface area contributed by atoms with Crippen LogP contribution in [0.25, 0.3) is 0 Å². The highest BCUT2D eigenvalue weighted by atomic mass is 32.2. The van der Waals surface area contributed by atoms with Crippen LogP contribution in [0, 0.1) is 11.7 Å². The summed E-state index contributed by atoms with van der Waals surface area (Å²) in [5.74, 6) is 0.265. The average Bonchev–Trinajstić information content (AvgIpc) is 2.53. The van der Waals surface area contributed by atoms with E-state index in [2.05, 4.69) is 36.4 Å². The third-order valence-corrected chi connectivity index (χ3v) is 5.43. The van der Waals surface area contributed by atoms with Gasteiger partial charge in [0, 0.05) is 12.6 Å². The van der Waals surface area contributed by atoms with E-state index in [0.29, 0.717) is 18.4 Å². The lowest BCUT2D eigenvalue weighted by molar-refractivity contribution is 0.489. The zero-order valence-electron chi connectivity index (χ0n) is 15.5. The predicted octanol–water partition coefficient (Wildman–Crippen LogP) is 2.98. The lowest BCUT2D eigenvalue weighted by atomic mass is 10.0. The molecule has 1 atom stereocenters. The summed E-state index contributed by atoms with van der Waals surface area (Å²) in [5, 5.41) is 6.39. The zero-order valence-corrected chi connectivity index (χ0v) is 16.4. The molecule has 0 radical (unpaired) electrons. The first-order chi connectivity index (χ1) is 11.8. The van der Waals surface area contributed by atoms with E-state index in [-0.39, 0.29) is 23.2 Å². The molecule has 0 heterocycles. The summed E-state index contributed by atoms with van der Waals surface area (Å²) < 4.78 is 38.2. The molecule has 25 heavy (non-hydrogen) atoms. The maximum Gasteiger partial charge on any atom is 0.191 e. The molecule has 5 nitrogen and oxygen atoms in total. The van der Waals surface area contributed by atoms with Gasteiger partial charge in [-0.15, -0.1) is 0 Å². The van der Waals surface area contributed by atoms with Crippen molar-refractivity contribution in [1.29, 1.82) is 0 Å². The number of guanidine groups is 1. The Labute approximate surface area is 151 Å². The van der Waals surface area contributed by atoms with Gasteiger partial charge in [0.2, 0.25) is 0 Å². The number of nitrogens with one attached hydrogen (secondary N) is 2. The minimum Gasteiger partial charge on any atom is -0.357 e. The van der Waals surface area contributed by atoms with Crippen LogP contribution in [0.3, 0.4) is 0 Å². The number of hydrogen-bond donors (Lipinski definition) is 2. The van der Waals surface area contributed by atoms with Gasteiger partial charge < -0.3 is 10.6 Å². The summed E-state index contributed by atoms with van der Waals surface area (Å²) in [6.07, 6.45) is 2.12. The Morgan fingerprint density at radius 1 is 1.20 bits per heavy atom. The van der Waals surface area contributed by atoms with Gasteiger partial charge in [0.05, 0.1) is 12.3 Å². The van der Waals surface area contributed by atoms with Crippen LogP contribution in [0.1, 0.15) is 40.5 Å². The predicted molar refractivity (Wildman–Crippen MR) is 101 cm³/mol. The van der Waals surface area contributed by atoms with Crippen LogP contribution < -0.4 is 10.6 Å². The van der Waals surface area contributed by atoms with Crippen LogP contribution in [-0.4, -0.2) is 39.3 Å². The Hall–Kier alpha value is -1.63. The van der Waals surface area contributed by atoms with Gasteiger partial charge in [-0.25, -0.2) is 12.8 Å². The standard InChI is InChI=1S/C18H30FN3O2S/c1-5-20-18(22-15(4)11-10-14(2)3)21-12-13-25(23,24)17-9-7-6-8-16(17)19/h6-9,14-15H,5,10-13H2,1-4H3,(H2,20,21,22). The Balaban J connectivity index is 2.67. The van der Waals surface area contributed by atoms with Crippen molar-refractivity contribution in [3.63, 3.8) is 0 Å². The summed E-state index contributed by atoms with van der Waals surface area (Å²) in [6, 6.07) is 5.66. The van der Waals surface area contributed by atoms with Gasteiger partial charge in [-0.05, 0) is 44.7 Å². The van der Waals surface area contributed by atoms with Gasteiger partial charge in [0.15, 0.2) is 15.8 Å². The first-order valence-electron chi connectivity index (χ1n) is 8.78. The van der Waals surface area contributed by atoms with Gasteiger partial charge in [-0.3, -0.25) is 4.99 Å². The second-order valence-electron chi connectivity index (χ2n) is 6.53. The third kappa shape index (κ3) is 7.86. The number of sulfone groups is 1. The van der Waals surface area contributed by atoms with Crippen molar-refractivity contribution in [2.45, 2.75) is 51.5 Å². The molecular weight excluding hydrogens is 341 g/mol. The van der Waals surface area contributed by atoms with E-state index in [1.165, 1.54) is 18.2 Å². The van der Waals surface area contributed by atoms with E-state index in [4.69, 9.17) is 0 Å². The van der Waals surface area contributed by atoms with Crippen molar-refractivity contribution >= 4 is 15.8 Å². The van der Waals surface area contributed by atoms with E-state index in [0.717, 1.165) is 18.9 Å². The SMILES string of the molecule is CCNC(=NCCS(=O)(=O)c1ccccc1F)NC(C)CCC(C)C. The van der Waals surface area contributed by atoms with Crippen molar-refractivity contribution in [2.24, 2.45) is 10.9 Å². The minimum absolute atomic E-state index is 0.0723. The van der Waals surface area contributed by atoms with Crippen LogP contribution in [0.4, 0.5) is 4.39 Å². The number of benzene rings is 1. The Morgan fingerprint density at radius 2 is 1.88 bits per heavy atom. The smallest absolute Gasteiger partial charge is 0.191 e. The number of halogens is 1. The lowest BCUT2D eigenvalue weighted by Crippen LogP contribution is -2.42. The van der Waals surface area contributed by atoms with Crippen LogP contribution >= 0.6 is 0 Å². The highest BCUT2D eigenvalue weighted by Crippen LogP contribution is 2.15. The lowest BCUT2D eigenvalue weighted by Gasteiger charge is -2.18. The Bertz CT molecular complexity index is 660. The van der Waals surface area contributed by atoms with Crippen LogP contribution in [0.2, 0.25) is 0 Å². The van der Waals surface area contributed by atoms with Crippen LogP contribution in [0.15, 0.2) is 34.2 Å². The van der Waals surface area contributed by atoms with E-state index in [1.54, 1.807) is 0 Å².